The summed E-state index contributed by atoms with van der Waals surface area (Å²) < 4.78 is 1.98. The minimum atomic E-state index is 0.636. The number of nitriles is 1. The Morgan fingerprint density at radius 2 is 2.16 bits per heavy atom. The van der Waals surface area contributed by atoms with Gasteiger partial charge in [0.2, 0.25) is 0 Å². The monoisotopic (exact) mass is 326 g/mol. The molecular formula is C21H18N4. The fourth-order valence-electron chi connectivity index (χ4n) is 3.34. The Morgan fingerprint density at radius 3 is 2.96 bits per heavy atom. The Kier molecular flexibility index (Phi) is 3.91. The topological polar surface area (TPSA) is 54.5 Å². The van der Waals surface area contributed by atoms with Crippen LogP contribution >= 0.6 is 0 Å². The van der Waals surface area contributed by atoms with Crippen molar-refractivity contribution in [3.8, 4) is 6.07 Å². The SMILES string of the molecule is Cn1cnc(CCc2ccc3c(c2)C=C(c2ccncc2C#N)C3)c1. The number of pyridine rings is 1. The number of imidazole rings is 1. The van der Waals surface area contributed by atoms with E-state index in [1.807, 2.05) is 24.0 Å². The summed E-state index contributed by atoms with van der Waals surface area (Å²) in [7, 11) is 1.99. The molecule has 0 bridgehead atoms. The maximum absolute atomic E-state index is 9.29. The standard InChI is InChI=1S/C21H18N4/c1-25-13-20(24-14-25)5-3-15-2-4-16-9-18(10-17(16)8-15)21-6-7-23-12-19(21)11-22/h2,4,6-8,10,12-14H,3,5,9H2,1H3. The third-order valence-corrected chi connectivity index (χ3v) is 4.64. The van der Waals surface area contributed by atoms with E-state index >= 15 is 0 Å². The lowest BCUT2D eigenvalue weighted by atomic mass is 10.00. The Bertz CT molecular complexity index is 1000. The first-order chi connectivity index (χ1) is 12.2. The van der Waals surface area contributed by atoms with E-state index in [1.54, 1.807) is 12.4 Å². The summed E-state index contributed by atoms with van der Waals surface area (Å²) in [5.74, 6) is 0. The second kappa shape index (κ2) is 6.37. The zero-order chi connectivity index (χ0) is 17.2. The van der Waals surface area contributed by atoms with Gasteiger partial charge in [-0.05, 0) is 53.2 Å². The molecule has 0 radical (unpaired) electrons. The van der Waals surface area contributed by atoms with Crippen molar-refractivity contribution in [3.63, 3.8) is 0 Å². The van der Waals surface area contributed by atoms with Crippen LogP contribution in [-0.4, -0.2) is 14.5 Å². The van der Waals surface area contributed by atoms with Gasteiger partial charge in [0.15, 0.2) is 0 Å². The molecule has 0 saturated heterocycles. The van der Waals surface area contributed by atoms with Crippen molar-refractivity contribution in [2.75, 3.05) is 0 Å². The molecule has 0 spiro atoms. The molecule has 0 N–H and O–H groups in total. The van der Waals surface area contributed by atoms with Gasteiger partial charge in [0.25, 0.3) is 0 Å². The predicted molar refractivity (Wildman–Crippen MR) is 97.6 cm³/mol. The Balaban J connectivity index is 1.56. The van der Waals surface area contributed by atoms with Crippen LogP contribution in [0.3, 0.4) is 0 Å². The molecule has 0 unspecified atom stereocenters. The smallest absolute Gasteiger partial charge is 0.101 e. The molecule has 0 saturated carbocycles. The van der Waals surface area contributed by atoms with Crippen molar-refractivity contribution in [2.45, 2.75) is 19.3 Å². The lowest BCUT2D eigenvalue weighted by Gasteiger charge is -2.05. The van der Waals surface area contributed by atoms with Gasteiger partial charge in [-0.2, -0.15) is 5.26 Å². The van der Waals surface area contributed by atoms with Gasteiger partial charge in [0, 0.05) is 25.6 Å². The normalized spacial score (nSPS) is 12.6. The van der Waals surface area contributed by atoms with Crippen LogP contribution in [0.5, 0.6) is 0 Å². The molecule has 25 heavy (non-hydrogen) atoms. The predicted octanol–water partition coefficient (Wildman–Crippen LogP) is 3.57. The van der Waals surface area contributed by atoms with Gasteiger partial charge in [0.1, 0.15) is 6.07 Å². The molecule has 1 aliphatic rings. The lowest BCUT2D eigenvalue weighted by molar-refractivity contribution is 0.903. The van der Waals surface area contributed by atoms with Crippen molar-refractivity contribution in [1.29, 1.82) is 5.26 Å². The minimum Gasteiger partial charge on any atom is -0.340 e. The summed E-state index contributed by atoms with van der Waals surface area (Å²) >= 11 is 0. The van der Waals surface area contributed by atoms with E-state index in [9.17, 15) is 5.26 Å². The van der Waals surface area contributed by atoms with Crippen molar-refractivity contribution < 1.29 is 0 Å². The van der Waals surface area contributed by atoms with Crippen LogP contribution < -0.4 is 0 Å². The molecule has 2 heterocycles. The van der Waals surface area contributed by atoms with Crippen LogP contribution in [0.15, 0.2) is 49.2 Å². The van der Waals surface area contributed by atoms with Crippen LogP contribution in [0.4, 0.5) is 0 Å². The van der Waals surface area contributed by atoms with E-state index in [0.29, 0.717) is 5.56 Å². The molecule has 0 fully saturated rings. The molecule has 1 aliphatic carbocycles. The molecular weight excluding hydrogens is 308 g/mol. The van der Waals surface area contributed by atoms with E-state index in [2.05, 4.69) is 46.5 Å². The van der Waals surface area contributed by atoms with Crippen LogP contribution in [-0.2, 0) is 26.3 Å². The highest BCUT2D eigenvalue weighted by atomic mass is 15.0. The van der Waals surface area contributed by atoms with E-state index in [4.69, 9.17) is 0 Å². The van der Waals surface area contributed by atoms with Crippen molar-refractivity contribution in [3.05, 3.63) is 82.7 Å². The van der Waals surface area contributed by atoms with Crippen LogP contribution in [0.25, 0.3) is 11.6 Å². The number of rotatable bonds is 4. The van der Waals surface area contributed by atoms with E-state index in [1.165, 1.54) is 22.3 Å². The molecule has 4 rings (SSSR count). The number of benzene rings is 1. The number of allylic oxidation sites excluding steroid dienone is 1. The van der Waals surface area contributed by atoms with Gasteiger partial charge in [-0.15, -0.1) is 0 Å². The summed E-state index contributed by atoms with van der Waals surface area (Å²) in [6.45, 7) is 0. The number of aromatic nitrogens is 3. The molecule has 2 aromatic heterocycles. The molecule has 0 atom stereocenters. The second-order valence-electron chi connectivity index (χ2n) is 6.44. The van der Waals surface area contributed by atoms with Crippen LogP contribution in [0.2, 0.25) is 0 Å². The summed E-state index contributed by atoms with van der Waals surface area (Å²) in [6.07, 6.45) is 12.3. The first kappa shape index (κ1) is 15.3. The Labute approximate surface area is 147 Å². The fourth-order valence-corrected chi connectivity index (χ4v) is 3.34. The third-order valence-electron chi connectivity index (χ3n) is 4.64. The first-order valence-electron chi connectivity index (χ1n) is 8.36. The van der Waals surface area contributed by atoms with Gasteiger partial charge in [-0.25, -0.2) is 4.98 Å². The van der Waals surface area contributed by atoms with Crippen molar-refractivity contribution >= 4 is 11.6 Å². The van der Waals surface area contributed by atoms with E-state index < -0.39 is 0 Å². The maximum Gasteiger partial charge on any atom is 0.101 e. The molecule has 4 nitrogen and oxygen atoms in total. The highest BCUT2D eigenvalue weighted by molar-refractivity contribution is 5.90. The highest BCUT2D eigenvalue weighted by Gasteiger charge is 2.17. The summed E-state index contributed by atoms with van der Waals surface area (Å²) in [6, 6.07) is 10.8. The largest absolute Gasteiger partial charge is 0.340 e. The number of fused-ring (bicyclic) bond motifs is 1. The zero-order valence-corrected chi connectivity index (χ0v) is 14.1. The van der Waals surface area contributed by atoms with Crippen molar-refractivity contribution in [2.24, 2.45) is 7.05 Å². The number of hydrogen-bond acceptors (Lipinski definition) is 3. The summed E-state index contributed by atoms with van der Waals surface area (Å²) in [5.41, 5.74) is 7.83. The van der Waals surface area contributed by atoms with Crippen molar-refractivity contribution in [1.82, 2.24) is 14.5 Å². The third kappa shape index (κ3) is 3.09. The zero-order valence-electron chi connectivity index (χ0n) is 14.1. The van der Waals surface area contributed by atoms with E-state index in [-0.39, 0.29) is 0 Å². The lowest BCUT2D eigenvalue weighted by Crippen LogP contribution is -1.94. The number of nitrogens with zero attached hydrogens (tertiary/aromatic N) is 4. The van der Waals surface area contributed by atoms with Gasteiger partial charge in [-0.1, -0.05) is 24.3 Å². The molecule has 0 aliphatic heterocycles. The van der Waals surface area contributed by atoms with Gasteiger partial charge >= 0.3 is 0 Å². The van der Waals surface area contributed by atoms with Gasteiger partial charge in [-0.3, -0.25) is 4.98 Å². The Hall–Kier alpha value is -3.19. The maximum atomic E-state index is 9.29. The average molecular weight is 326 g/mol. The fraction of sp³-hybridized carbons (Fsp3) is 0.190. The summed E-state index contributed by atoms with van der Waals surface area (Å²) in [5, 5.41) is 9.29. The average Bonchev–Trinajstić information content (AvgIpc) is 3.25. The Morgan fingerprint density at radius 1 is 1.24 bits per heavy atom. The second-order valence-corrected chi connectivity index (χ2v) is 6.44. The van der Waals surface area contributed by atoms with Crippen LogP contribution in [0, 0.1) is 11.3 Å². The molecule has 3 aromatic rings. The van der Waals surface area contributed by atoms with Gasteiger partial charge < -0.3 is 4.57 Å². The minimum absolute atomic E-state index is 0.636. The molecule has 1 aromatic carbocycles. The molecule has 4 heteroatoms. The van der Waals surface area contributed by atoms with Gasteiger partial charge in [0.05, 0.1) is 17.6 Å². The van der Waals surface area contributed by atoms with Crippen LogP contribution in [0.1, 0.15) is 33.5 Å². The number of hydrogen-bond donors (Lipinski definition) is 0. The first-order valence-corrected chi connectivity index (χ1v) is 8.36. The van der Waals surface area contributed by atoms with E-state index in [0.717, 1.165) is 30.5 Å². The molecule has 122 valence electrons. The number of aryl methyl sites for hydroxylation is 3. The summed E-state index contributed by atoms with van der Waals surface area (Å²) in [4.78, 5) is 8.44. The quantitative estimate of drug-likeness (QED) is 0.736. The highest BCUT2D eigenvalue weighted by Crippen LogP contribution is 2.33. The molecule has 0 amide bonds.